The van der Waals surface area contributed by atoms with Gasteiger partial charge in [0.1, 0.15) is 6.04 Å². The summed E-state index contributed by atoms with van der Waals surface area (Å²) in [5.74, 6) is -0.0365. The van der Waals surface area contributed by atoms with Gasteiger partial charge in [-0.15, -0.1) is 0 Å². The molecular formula is C22H26N2O2. The second-order valence-electron chi connectivity index (χ2n) is 7.09. The van der Waals surface area contributed by atoms with Crippen LogP contribution in [-0.4, -0.2) is 29.3 Å². The van der Waals surface area contributed by atoms with Crippen LogP contribution in [0.1, 0.15) is 31.7 Å². The van der Waals surface area contributed by atoms with E-state index in [9.17, 15) is 9.59 Å². The van der Waals surface area contributed by atoms with Gasteiger partial charge < -0.3 is 10.6 Å². The molecule has 2 unspecified atom stereocenters. The van der Waals surface area contributed by atoms with Gasteiger partial charge in [0.05, 0.1) is 0 Å². The lowest BCUT2D eigenvalue weighted by Gasteiger charge is -2.26. The third-order valence-corrected chi connectivity index (χ3v) is 5.13. The molecule has 4 nitrogen and oxygen atoms in total. The lowest BCUT2D eigenvalue weighted by molar-refractivity contribution is -0.136. The van der Waals surface area contributed by atoms with Crippen molar-refractivity contribution in [3.05, 3.63) is 60.2 Å². The number of nitrogens with zero attached hydrogens (tertiary/aromatic N) is 1. The fourth-order valence-electron chi connectivity index (χ4n) is 3.76. The van der Waals surface area contributed by atoms with E-state index in [2.05, 4.69) is 31.2 Å². The van der Waals surface area contributed by atoms with Crippen molar-refractivity contribution in [1.82, 2.24) is 4.90 Å². The predicted octanol–water partition coefficient (Wildman–Crippen LogP) is 3.40. The summed E-state index contributed by atoms with van der Waals surface area (Å²) in [6.45, 7) is 2.76. The number of nitrogens with two attached hydrogens (primary N) is 1. The second kappa shape index (κ2) is 8.17. The summed E-state index contributed by atoms with van der Waals surface area (Å²) in [6, 6.07) is 17.7. The molecule has 1 aliphatic rings. The van der Waals surface area contributed by atoms with E-state index >= 15 is 0 Å². The monoisotopic (exact) mass is 350 g/mol. The van der Waals surface area contributed by atoms with Crippen molar-refractivity contribution in [2.75, 3.05) is 6.54 Å². The molecule has 0 bridgehead atoms. The molecule has 2 N–H and O–H groups in total. The summed E-state index contributed by atoms with van der Waals surface area (Å²) in [5.41, 5.74) is 8.93. The first-order valence-electron chi connectivity index (χ1n) is 9.31. The highest BCUT2D eigenvalue weighted by molar-refractivity contribution is 5.88. The zero-order valence-corrected chi connectivity index (χ0v) is 15.2. The van der Waals surface area contributed by atoms with E-state index in [-0.39, 0.29) is 5.91 Å². The number of amides is 2. The van der Waals surface area contributed by atoms with Gasteiger partial charge in [0.2, 0.25) is 11.8 Å². The number of primary amides is 1. The Labute approximate surface area is 155 Å². The number of hydrogen-bond acceptors (Lipinski definition) is 2. The van der Waals surface area contributed by atoms with Crippen LogP contribution in [0.25, 0.3) is 11.1 Å². The van der Waals surface area contributed by atoms with Crippen molar-refractivity contribution in [1.29, 1.82) is 0 Å². The van der Waals surface area contributed by atoms with Crippen molar-refractivity contribution < 1.29 is 9.59 Å². The van der Waals surface area contributed by atoms with Crippen LogP contribution < -0.4 is 5.73 Å². The highest BCUT2D eigenvalue weighted by Gasteiger charge is 2.36. The van der Waals surface area contributed by atoms with Gasteiger partial charge in [-0.1, -0.05) is 67.9 Å². The van der Waals surface area contributed by atoms with Crippen LogP contribution >= 0.6 is 0 Å². The Bertz CT molecular complexity index is 755. The maximum atomic E-state index is 12.4. The zero-order chi connectivity index (χ0) is 18.5. The minimum Gasteiger partial charge on any atom is -0.368 e. The highest BCUT2D eigenvalue weighted by atomic mass is 16.2. The third-order valence-electron chi connectivity index (χ3n) is 5.13. The van der Waals surface area contributed by atoms with E-state index < -0.39 is 11.9 Å². The molecule has 0 saturated carbocycles. The van der Waals surface area contributed by atoms with E-state index in [0.29, 0.717) is 25.3 Å². The van der Waals surface area contributed by atoms with E-state index in [1.165, 1.54) is 0 Å². The maximum Gasteiger partial charge on any atom is 0.240 e. The van der Waals surface area contributed by atoms with Gasteiger partial charge >= 0.3 is 0 Å². The molecule has 2 atom stereocenters. The molecule has 1 saturated heterocycles. The van der Waals surface area contributed by atoms with Crippen LogP contribution in [0.2, 0.25) is 0 Å². The molecule has 1 fully saturated rings. The number of carbonyl (C=O) groups is 2. The molecule has 0 aliphatic carbocycles. The predicted molar refractivity (Wildman–Crippen MR) is 103 cm³/mol. The average molecular weight is 350 g/mol. The smallest absolute Gasteiger partial charge is 0.240 e. The summed E-state index contributed by atoms with van der Waals surface area (Å²) in [6.07, 6.45) is 3.06. The molecule has 2 aromatic carbocycles. The number of likely N-dealkylation sites (tertiary alicyclic amines) is 1. The second-order valence-corrected chi connectivity index (χ2v) is 7.09. The van der Waals surface area contributed by atoms with Gasteiger partial charge in [-0.05, 0) is 29.0 Å². The topological polar surface area (TPSA) is 63.4 Å². The van der Waals surface area contributed by atoms with E-state index in [4.69, 9.17) is 5.73 Å². The largest absolute Gasteiger partial charge is 0.368 e. The Balaban J connectivity index is 1.72. The fraction of sp³-hybridized carbons (Fsp3) is 0.364. The van der Waals surface area contributed by atoms with Crippen LogP contribution in [0.4, 0.5) is 0 Å². The minimum atomic E-state index is -0.563. The Morgan fingerprint density at radius 2 is 1.77 bits per heavy atom. The zero-order valence-electron chi connectivity index (χ0n) is 15.2. The van der Waals surface area contributed by atoms with Gasteiger partial charge in [0, 0.05) is 19.4 Å². The summed E-state index contributed by atoms with van der Waals surface area (Å²) < 4.78 is 0. The van der Waals surface area contributed by atoms with Crippen molar-refractivity contribution in [2.24, 2.45) is 11.7 Å². The molecule has 2 aromatic rings. The highest BCUT2D eigenvalue weighted by Crippen LogP contribution is 2.26. The van der Waals surface area contributed by atoms with Crippen LogP contribution in [0, 0.1) is 5.92 Å². The maximum absolute atomic E-state index is 12.4. The molecule has 26 heavy (non-hydrogen) atoms. The van der Waals surface area contributed by atoms with E-state index in [0.717, 1.165) is 29.5 Å². The van der Waals surface area contributed by atoms with Gasteiger partial charge in [0.25, 0.3) is 0 Å². The fourth-order valence-corrected chi connectivity index (χ4v) is 3.76. The van der Waals surface area contributed by atoms with Crippen molar-refractivity contribution in [3.63, 3.8) is 0 Å². The molecule has 1 heterocycles. The van der Waals surface area contributed by atoms with Crippen LogP contribution in [-0.2, 0) is 16.0 Å². The summed E-state index contributed by atoms with van der Waals surface area (Å²) in [4.78, 5) is 26.1. The molecule has 3 rings (SSSR count). The number of benzene rings is 2. The number of carbonyl (C=O) groups excluding carboxylic acids is 2. The molecule has 0 aromatic heterocycles. The first kappa shape index (κ1) is 18.2. The molecule has 136 valence electrons. The SMILES string of the molecule is CCCC1CC(=O)N(C(Cc2ccc(-c3ccccc3)cc2)C(N)=O)C1. The normalized spacial score (nSPS) is 18.1. The van der Waals surface area contributed by atoms with Gasteiger partial charge in [0.15, 0.2) is 0 Å². The van der Waals surface area contributed by atoms with Crippen LogP contribution in [0.5, 0.6) is 0 Å². The number of hydrogen-bond donors (Lipinski definition) is 1. The number of rotatable bonds is 7. The summed E-state index contributed by atoms with van der Waals surface area (Å²) >= 11 is 0. The first-order chi connectivity index (χ1) is 12.6. The summed E-state index contributed by atoms with van der Waals surface area (Å²) in [7, 11) is 0. The summed E-state index contributed by atoms with van der Waals surface area (Å²) in [5, 5.41) is 0. The van der Waals surface area contributed by atoms with Gasteiger partial charge in [-0.2, -0.15) is 0 Å². The molecule has 1 aliphatic heterocycles. The van der Waals surface area contributed by atoms with E-state index in [1.807, 2.05) is 30.3 Å². The molecular weight excluding hydrogens is 324 g/mol. The van der Waals surface area contributed by atoms with Gasteiger partial charge in [-0.3, -0.25) is 9.59 Å². The first-order valence-corrected chi connectivity index (χ1v) is 9.31. The Morgan fingerprint density at radius 3 is 2.38 bits per heavy atom. The van der Waals surface area contributed by atoms with Crippen molar-refractivity contribution in [2.45, 2.75) is 38.6 Å². The minimum absolute atomic E-state index is 0.0492. The quantitative estimate of drug-likeness (QED) is 0.832. The Kier molecular flexibility index (Phi) is 5.71. The lowest BCUT2D eigenvalue weighted by Crippen LogP contribution is -2.47. The van der Waals surface area contributed by atoms with Gasteiger partial charge in [-0.25, -0.2) is 0 Å². The van der Waals surface area contributed by atoms with Crippen LogP contribution in [0.3, 0.4) is 0 Å². The molecule has 4 heteroatoms. The molecule has 0 spiro atoms. The average Bonchev–Trinajstić information content (AvgIpc) is 3.01. The van der Waals surface area contributed by atoms with Crippen molar-refractivity contribution in [3.8, 4) is 11.1 Å². The van der Waals surface area contributed by atoms with Crippen LogP contribution in [0.15, 0.2) is 54.6 Å². The van der Waals surface area contributed by atoms with Crippen molar-refractivity contribution >= 4 is 11.8 Å². The van der Waals surface area contributed by atoms with E-state index in [1.54, 1.807) is 4.90 Å². The third kappa shape index (κ3) is 4.13. The lowest BCUT2D eigenvalue weighted by atomic mass is 9.99. The molecule has 0 radical (unpaired) electrons. The Hall–Kier alpha value is -2.62. The standard InChI is InChI=1S/C22H26N2O2/c1-2-6-17-14-21(25)24(15-17)20(22(23)26)13-16-9-11-19(12-10-16)18-7-4-3-5-8-18/h3-5,7-12,17,20H,2,6,13-15H2,1H3,(H2,23,26). The Morgan fingerprint density at radius 1 is 1.12 bits per heavy atom. The molecule has 2 amide bonds.